The predicted octanol–water partition coefficient (Wildman–Crippen LogP) is 0.946. The highest BCUT2D eigenvalue weighted by molar-refractivity contribution is 7.17. The molecule has 0 spiro atoms. The Bertz CT molecular complexity index is 595. The quantitative estimate of drug-likeness (QED) is 0.292. The molecular formula is C17H27O12P. The Kier molecular flexibility index (Phi) is 13.7. The van der Waals surface area contributed by atoms with E-state index in [-0.39, 0.29) is 15.3 Å². The average Bonchev–Trinajstić information content (AvgIpc) is 2.63. The molecule has 0 N–H and O–H groups in total. The number of carbonyl (C=O) groups is 4. The van der Waals surface area contributed by atoms with E-state index in [1.165, 1.54) is 14.0 Å². The normalized spacial score (nSPS) is 25.3. The van der Waals surface area contributed by atoms with Crippen LogP contribution < -0.4 is 0 Å². The first-order valence-electron chi connectivity index (χ1n) is 8.85. The van der Waals surface area contributed by atoms with E-state index < -0.39 is 54.6 Å². The van der Waals surface area contributed by atoms with Crippen molar-refractivity contribution in [2.24, 2.45) is 0 Å². The van der Waals surface area contributed by atoms with Gasteiger partial charge < -0.3 is 28.4 Å². The third-order valence-corrected chi connectivity index (χ3v) is 3.73. The summed E-state index contributed by atoms with van der Waals surface area (Å²) in [4.78, 5) is 45.4. The second kappa shape index (κ2) is 14.8. The molecule has 5 atom stereocenters. The maximum absolute atomic E-state index is 11.5. The van der Waals surface area contributed by atoms with Gasteiger partial charge in [-0.05, 0) is 6.92 Å². The van der Waals surface area contributed by atoms with Gasteiger partial charge in [0, 0.05) is 34.8 Å². The number of ether oxygens (including phenoxy) is 6. The van der Waals surface area contributed by atoms with Crippen molar-refractivity contribution >= 4 is 32.6 Å². The maximum Gasteiger partial charge on any atom is 0.327 e. The molecule has 0 aromatic carbocycles. The molecule has 12 nitrogen and oxygen atoms in total. The van der Waals surface area contributed by atoms with Crippen molar-refractivity contribution in [3.63, 3.8) is 0 Å². The first-order valence-corrected chi connectivity index (χ1v) is 9.58. The molecule has 0 aromatic rings. The van der Waals surface area contributed by atoms with Crippen LogP contribution in [0, 0.1) is 0 Å². The molecule has 0 saturated carbocycles. The molecule has 30 heavy (non-hydrogen) atoms. The Labute approximate surface area is 175 Å². The highest BCUT2D eigenvalue weighted by Gasteiger charge is 2.52. The molecule has 0 aromatic heterocycles. The van der Waals surface area contributed by atoms with Crippen LogP contribution in [0.15, 0.2) is 0 Å². The van der Waals surface area contributed by atoms with Gasteiger partial charge in [0.15, 0.2) is 24.6 Å². The SMILES string of the molecule is CCOP=O.CO[C@H]1OC(COC(C)=O)[C@@H](OC(C)=O)[C@H](OC(C)=O)C1OC(C)=O. The maximum atomic E-state index is 11.5. The zero-order valence-electron chi connectivity index (χ0n) is 17.6. The molecule has 172 valence electrons. The smallest absolute Gasteiger partial charge is 0.327 e. The molecule has 0 bridgehead atoms. The lowest BCUT2D eigenvalue weighted by molar-refractivity contribution is -0.302. The van der Waals surface area contributed by atoms with Crippen molar-refractivity contribution in [3.05, 3.63) is 0 Å². The summed E-state index contributed by atoms with van der Waals surface area (Å²) in [5, 5.41) is 0. The Morgan fingerprint density at radius 1 is 0.833 bits per heavy atom. The molecule has 1 fully saturated rings. The van der Waals surface area contributed by atoms with E-state index in [9.17, 15) is 23.7 Å². The summed E-state index contributed by atoms with van der Waals surface area (Å²) in [6, 6.07) is 0. The van der Waals surface area contributed by atoms with Crippen molar-refractivity contribution in [1.29, 1.82) is 0 Å². The van der Waals surface area contributed by atoms with Crippen molar-refractivity contribution in [3.8, 4) is 0 Å². The van der Waals surface area contributed by atoms with Crippen LogP contribution >= 0.6 is 8.69 Å². The van der Waals surface area contributed by atoms with E-state index in [0.717, 1.165) is 20.8 Å². The van der Waals surface area contributed by atoms with E-state index in [0.29, 0.717) is 6.61 Å². The van der Waals surface area contributed by atoms with E-state index in [1.807, 2.05) is 0 Å². The van der Waals surface area contributed by atoms with Crippen LogP contribution in [-0.2, 0) is 56.7 Å². The summed E-state index contributed by atoms with van der Waals surface area (Å²) in [5.41, 5.74) is 0. The van der Waals surface area contributed by atoms with Gasteiger partial charge in [-0.1, -0.05) is 0 Å². The second-order valence-corrected chi connectivity index (χ2v) is 6.20. The lowest BCUT2D eigenvalue weighted by Crippen LogP contribution is -2.62. The zero-order chi connectivity index (χ0) is 23.3. The minimum atomic E-state index is -1.20. The highest BCUT2D eigenvalue weighted by atomic mass is 31.1. The minimum absolute atomic E-state index is 0.220. The molecule has 1 saturated heterocycles. The summed E-state index contributed by atoms with van der Waals surface area (Å²) in [6.45, 7) is 6.67. The van der Waals surface area contributed by atoms with Gasteiger partial charge >= 0.3 is 32.6 Å². The molecule has 1 aliphatic heterocycles. The Hall–Kier alpha value is -2.14. The van der Waals surface area contributed by atoms with Crippen molar-refractivity contribution in [2.45, 2.75) is 65.3 Å². The molecule has 0 aliphatic carbocycles. The van der Waals surface area contributed by atoms with Gasteiger partial charge in [-0.15, -0.1) is 0 Å². The van der Waals surface area contributed by atoms with Gasteiger partial charge in [0.1, 0.15) is 12.7 Å². The van der Waals surface area contributed by atoms with Crippen LogP contribution in [0.1, 0.15) is 34.6 Å². The van der Waals surface area contributed by atoms with Crippen LogP contribution in [0.25, 0.3) is 0 Å². The fraction of sp³-hybridized carbons (Fsp3) is 0.765. The highest BCUT2D eigenvalue weighted by Crippen LogP contribution is 2.29. The number of carbonyl (C=O) groups excluding carboxylic acids is 4. The number of esters is 4. The minimum Gasteiger partial charge on any atom is -0.463 e. The number of rotatable bonds is 8. The van der Waals surface area contributed by atoms with Crippen molar-refractivity contribution < 1.29 is 56.7 Å². The van der Waals surface area contributed by atoms with Crippen LogP contribution in [0.2, 0.25) is 0 Å². The summed E-state index contributed by atoms with van der Waals surface area (Å²) in [5.74, 6) is -2.63. The van der Waals surface area contributed by atoms with E-state index >= 15 is 0 Å². The Morgan fingerprint density at radius 3 is 1.70 bits per heavy atom. The van der Waals surface area contributed by atoms with Gasteiger partial charge in [0.25, 0.3) is 0 Å². The first kappa shape index (κ1) is 27.9. The molecule has 2 unspecified atom stereocenters. The largest absolute Gasteiger partial charge is 0.463 e. The summed E-state index contributed by atoms with van der Waals surface area (Å²) < 4.78 is 44.6. The van der Waals surface area contributed by atoms with E-state index in [1.54, 1.807) is 6.92 Å². The molecule has 0 amide bonds. The second-order valence-electron chi connectivity index (χ2n) is 5.80. The average molecular weight is 454 g/mol. The standard InChI is InChI=1S/C15H22O10.C2H5O2P/c1-7(16)21-6-11-12(22-8(2)17)13(23-9(3)18)14(24-10(4)19)15(20-5)25-11;1-2-4-5-3/h11-15H,6H2,1-5H3;2H2,1H3/t11?,12-,13+,14?,15+;/m1./s1. The van der Waals surface area contributed by atoms with E-state index in [4.69, 9.17) is 28.4 Å². The third-order valence-electron chi connectivity index (χ3n) is 3.36. The monoisotopic (exact) mass is 454 g/mol. The first-order chi connectivity index (χ1) is 14.1. The van der Waals surface area contributed by atoms with Crippen molar-refractivity contribution in [1.82, 2.24) is 0 Å². The Morgan fingerprint density at radius 2 is 1.33 bits per heavy atom. The lowest BCUT2D eigenvalue weighted by Gasteiger charge is -2.43. The molecular weight excluding hydrogens is 427 g/mol. The molecule has 13 heteroatoms. The third kappa shape index (κ3) is 10.6. The van der Waals surface area contributed by atoms with Gasteiger partial charge in [0.2, 0.25) is 0 Å². The summed E-state index contributed by atoms with van der Waals surface area (Å²) in [6.07, 6.45) is -5.67. The van der Waals surface area contributed by atoms with Gasteiger partial charge in [-0.3, -0.25) is 23.7 Å². The fourth-order valence-corrected chi connectivity index (χ4v) is 2.54. The predicted molar refractivity (Wildman–Crippen MR) is 98.2 cm³/mol. The van der Waals surface area contributed by atoms with Gasteiger partial charge in [0.05, 0.1) is 6.61 Å². The van der Waals surface area contributed by atoms with Crippen LogP contribution in [0.5, 0.6) is 0 Å². The van der Waals surface area contributed by atoms with Crippen LogP contribution in [0.4, 0.5) is 0 Å². The molecule has 1 rings (SSSR count). The van der Waals surface area contributed by atoms with Crippen LogP contribution in [0.3, 0.4) is 0 Å². The van der Waals surface area contributed by atoms with Gasteiger partial charge in [-0.25, -0.2) is 4.57 Å². The van der Waals surface area contributed by atoms with Crippen molar-refractivity contribution in [2.75, 3.05) is 20.3 Å². The summed E-state index contributed by atoms with van der Waals surface area (Å²) in [7, 11) is 1.07. The molecule has 1 heterocycles. The van der Waals surface area contributed by atoms with E-state index in [2.05, 4.69) is 4.52 Å². The van der Waals surface area contributed by atoms with Gasteiger partial charge in [-0.2, -0.15) is 0 Å². The zero-order valence-corrected chi connectivity index (χ0v) is 18.5. The topological polar surface area (TPSA) is 150 Å². The fourth-order valence-electron chi connectivity index (χ4n) is 2.43. The number of hydrogen-bond donors (Lipinski definition) is 0. The lowest BCUT2D eigenvalue weighted by atomic mass is 9.98. The van der Waals surface area contributed by atoms with Crippen LogP contribution in [-0.4, -0.2) is 74.9 Å². The number of hydrogen-bond acceptors (Lipinski definition) is 12. The Balaban J connectivity index is 0.00000150. The molecule has 1 aliphatic rings. The number of methoxy groups -OCH3 is 1. The summed E-state index contributed by atoms with van der Waals surface area (Å²) >= 11 is 0. The molecule has 0 radical (unpaired) electrons.